The van der Waals surface area contributed by atoms with Gasteiger partial charge in [0.1, 0.15) is 6.17 Å². The van der Waals surface area contributed by atoms with E-state index in [0.717, 1.165) is 12.5 Å². The molecule has 2 unspecified atom stereocenters. The molecule has 0 spiro atoms. The molecule has 1 fully saturated rings. The summed E-state index contributed by atoms with van der Waals surface area (Å²) in [6.07, 6.45) is 10.3. The molecular weight excluding hydrogens is 174 g/mol. The molecule has 2 atom stereocenters. The largest absolute Gasteiger partial charge is 0.352 e. The van der Waals surface area contributed by atoms with Crippen LogP contribution in [0.15, 0.2) is 17.3 Å². The second-order valence-corrected chi connectivity index (χ2v) is 4.29. The molecule has 78 valence electrons. The van der Waals surface area contributed by atoms with Gasteiger partial charge < -0.3 is 10.6 Å². The highest BCUT2D eigenvalue weighted by Crippen LogP contribution is 2.35. The maximum Gasteiger partial charge on any atom is 0.118 e. The van der Waals surface area contributed by atoms with Gasteiger partial charge in [0.05, 0.1) is 0 Å². The third-order valence-electron chi connectivity index (χ3n) is 3.07. The number of rotatable bonds is 4. The van der Waals surface area contributed by atoms with Gasteiger partial charge in [0.15, 0.2) is 0 Å². The summed E-state index contributed by atoms with van der Waals surface area (Å²) in [5, 5.41) is 0. The van der Waals surface area contributed by atoms with E-state index in [-0.39, 0.29) is 6.17 Å². The van der Waals surface area contributed by atoms with Crippen LogP contribution in [0.1, 0.15) is 26.2 Å². The molecule has 1 aliphatic heterocycles. The first-order valence-electron chi connectivity index (χ1n) is 5.48. The zero-order valence-corrected chi connectivity index (χ0v) is 8.76. The van der Waals surface area contributed by atoms with Crippen molar-refractivity contribution in [2.45, 2.75) is 38.4 Å². The lowest BCUT2D eigenvalue weighted by atomic mass is 10.1. The maximum absolute atomic E-state index is 5.81. The fraction of sp³-hybridized carbons (Fsp3) is 0.727. The number of allylic oxidation sites excluding steroid dienone is 1. The van der Waals surface area contributed by atoms with E-state index in [9.17, 15) is 0 Å². The monoisotopic (exact) mass is 193 g/mol. The van der Waals surface area contributed by atoms with Crippen LogP contribution in [0.5, 0.6) is 0 Å². The fourth-order valence-corrected chi connectivity index (χ4v) is 2.02. The number of nitrogens with zero attached hydrogens (tertiary/aromatic N) is 2. The third kappa shape index (κ3) is 2.15. The van der Waals surface area contributed by atoms with Crippen LogP contribution in [0.4, 0.5) is 0 Å². The van der Waals surface area contributed by atoms with Crippen LogP contribution in [-0.4, -0.2) is 29.9 Å². The second kappa shape index (κ2) is 4.13. The van der Waals surface area contributed by atoms with E-state index >= 15 is 0 Å². The van der Waals surface area contributed by atoms with Gasteiger partial charge in [0.25, 0.3) is 0 Å². The molecule has 0 radical (unpaired) electrons. The Labute approximate surface area is 85.7 Å². The molecule has 3 nitrogen and oxygen atoms in total. The number of hydrogen-bond donors (Lipinski definition) is 1. The highest BCUT2D eigenvalue weighted by Gasteiger charge is 2.28. The quantitative estimate of drug-likeness (QED) is 0.732. The van der Waals surface area contributed by atoms with Gasteiger partial charge in [-0.25, -0.2) is 0 Å². The zero-order valence-electron chi connectivity index (χ0n) is 8.76. The molecule has 0 amide bonds. The predicted molar refractivity (Wildman–Crippen MR) is 59.1 cm³/mol. The molecule has 0 saturated heterocycles. The molecule has 2 aliphatic rings. The summed E-state index contributed by atoms with van der Waals surface area (Å²) in [4.78, 5) is 6.66. The van der Waals surface area contributed by atoms with Gasteiger partial charge in [-0.05, 0) is 25.3 Å². The lowest BCUT2D eigenvalue weighted by Gasteiger charge is -2.34. The van der Waals surface area contributed by atoms with Gasteiger partial charge in [-0.15, -0.1) is 0 Å². The molecule has 0 aromatic rings. The Bertz CT molecular complexity index is 243. The molecular formula is C11H19N3. The number of nitrogens with two attached hydrogens (primary N) is 1. The third-order valence-corrected chi connectivity index (χ3v) is 3.07. The molecule has 0 aromatic carbocycles. The van der Waals surface area contributed by atoms with E-state index in [0.29, 0.717) is 6.04 Å². The molecule has 0 aromatic heterocycles. The van der Waals surface area contributed by atoms with Crippen molar-refractivity contribution in [1.29, 1.82) is 0 Å². The molecule has 3 heteroatoms. The molecule has 1 aliphatic carbocycles. The van der Waals surface area contributed by atoms with Gasteiger partial charge >= 0.3 is 0 Å². The average Bonchev–Trinajstić information content (AvgIpc) is 2.99. The summed E-state index contributed by atoms with van der Waals surface area (Å²) in [5.74, 6) is 0.926. The lowest BCUT2D eigenvalue weighted by Crippen LogP contribution is -2.42. The minimum absolute atomic E-state index is 0.257. The summed E-state index contributed by atoms with van der Waals surface area (Å²) < 4.78 is 0. The molecule has 2 rings (SSSR count). The molecule has 2 N–H and O–H groups in total. The molecule has 0 bridgehead atoms. The van der Waals surface area contributed by atoms with Gasteiger partial charge in [0, 0.05) is 25.0 Å². The minimum atomic E-state index is 0.257. The standard InChI is InChI=1S/C11H19N3/c1-9-13-5-2-6-14(9)11(8-12)7-10-3-4-10/h2,5-6,9-11H,3-4,7-8,12H2,1H3. The van der Waals surface area contributed by atoms with E-state index in [1.807, 2.05) is 12.3 Å². The molecule has 1 saturated carbocycles. The average molecular weight is 193 g/mol. The first kappa shape index (κ1) is 9.71. The van der Waals surface area contributed by atoms with Crippen LogP contribution in [0, 0.1) is 5.92 Å². The van der Waals surface area contributed by atoms with E-state index in [1.54, 1.807) is 0 Å². The van der Waals surface area contributed by atoms with Gasteiger partial charge in [0.2, 0.25) is 0 Å². The normalized spacial score (nSPS) is 28.1. The van der Waals surface area contributed by atoms with Crippen molar-refractivity contribution in [3.05, 3.63) is 12.3 Å². The highest BCUT2D eigenvalue weighted by molar-refractivity contribution is 5.71. The molecule has 14 heavy (non-hydrogen) atoms. The smallest absolute Gasteiger partial charge is 0.118 e. The van der Waals surface area contributed by atoms with Crippen LogP contribution in [0.25, 0.3) is 0 Å². The van der Waals surface area contributed by atoms with E-state index in [1.165, 1.54) is 19.3 Å². The highest BCUT2D eigenvalue weighted by atomic mass is 15.3. The van der Waals surface area contributed by atoms with Crippen molar-refractivity contribution in [1.82, 2.24) is 4.90 Å². The van der Waals surface area contributed by atoms with Crippen LogP contribution in [0.2, 0.25) is 0 Å². The van der Waals surface area contributed by atoms with Crippen molar-refractivity contribution in [2.75, 3.05) is 6.54 Å². The topological polar surface area (TPSA) is 41.6 Å². The first-order chi connectivity index (χ1) is 6.81. The summed E-state index contributed by atoms with van der Waals surface area (Å²) in [6.45, 7) is 2.86. The van der Waals surface area contributed by atoms with Crippen LogP contribution < -0.4 is 5.73 Å². The number of hydrogen-bond acceptors (Lipinski definition) is 3. The summed E-state index contributed by atoms with van der Waals surface area (Å²) in [5.41, 5.74) is 5.81. The van der Waals surface area contributed by atoms with Crippen molar-refractivity contribution >= 4 is 6.21 Å². The van der Waals surface area contributed by atoms with Gasteiger partial charge in [-0.2, -0.15) is 0 Å². The second-order valence-electron chi connectivity index (χ2n) is 4.29. The van der Waals surface area contributed by atoms with Gasteiger partial charge in [-0.3, -0.25) is 4.99 Å². The van der Waals surface area contributed by atoms with E-state index in [2.05, 4.69) is 23.0 Å². The Balaban J connectivity index is 1.95. The van der Waals surface area contributed by atoms with Crippen LogP contribution in [-0.2, 0) is 0 Å². The van der Waals surface area contributed by atoms with Crippen molar-refractivity contribution < 1.29 is 0 Å². The summed E-state index contributed by atoms with van der Waals surface area (Å²) >= 11 is 0. The van der Waals surface area contributed by atoms with Crippen molar-refractivity contribution in [3.63, 3.8) is 0 Å². The summed E-state index contributed by atoms with van der Waals surface area (Å²) in [7, 11) is 0. The minimum Gasteiger partial charge on any atom is -0.352 e. The van der Waals surface area contributed by atoms with E-state index in [4.69, 9.17) is 5.73 Å². The Morgan fingerprint density at radius 1 is 1.57 bits per heavy atom. The number of aliphatic imine (C=N–C) groups is 1. The zero-order chi connectivity index (χ0) is 9.97. The van der Waals surface area contributed by atoms with E-state index < -0.39 is 0 Å². The predicted octanol–water partition coefficient (Wildman–Crippen LogP) is 1.36. The lowest BCUT2D eigenvalue weighted by molar-refractivity contribution is 0.206. The van der Waals surface area contributed by atoms with Crippen LogP contribution in [0.3, 0.4) is 0 Å². The Morgan fingerprint density at radius 2 is 2.36 bits per heavy atom. The Morgan fingerprint density at radius 3 is 2.93 bits per heavy atom. The van der Waals surface area contributed by atoms with Gasteiger partial charge in [-0.1, -0.05) is 12.8 Å². The Kier molecular flexibility index (Phi) is 2.87. The first-order valence-corrected chi connectivity index (χ1v) is 5.48. The van der Waals surface area contributed by atoms with Crippen molar-refractivity contribution in [2.24, 2.45) is 16.6 Å². The fourth-order valence-electron chi connectivity index (χ4n) is 2.02. The van der Waals surface area contributed by atoms with Crippen molar-refractivity contribution in [3.8, 4) is 0 Å². The Hall–Kier alpha value is -0.830. The van der Waals surface area contributed by atoms with Crippen LogP contribution >= 0.6 is 0 Å². The summed E-state index contributed by atoms with van der Waals surface area (Å²) in [6, 6.07) is 0.478. The maximum atomic E-state index is 5.81. The molecule has 1 heterocycles. The SMILES string of the molecule is CC1N=CC=CN1C(CN)CC1CC1.